The molecular weight excluding hydrogens is 257 g/mol. The second kappa shape index (κ2) is 5.63. The molecule has 2 atom stereocenters. The molecule has 0 bridgehead atoms. The SMILES string of the molecule is CC(CNc1cc(Cl)nnc1Cl)S(C)=O. The molecule has 1 heterocycles. The lowest BCUT2D eigenvalue weighted by Crippen LogP contribution is -2.20. The Morgan fingerprint density at radius 3 is 2.80 bits per heavy atom. The molecule has 7 heteroatoms. The maximum absolute atomic E-state index is 11.1. The average molecular weight is 268 g/mol. The molecule has 0 radical (unpaired) electrons. The maximum Gasteiger partial charge on any atom is 0.174 e. The standard InChI is InChI=1S/C8H11Cl2N3OS/c1-5(15(2)14)4-11-6-3-7(9)12-13-8(6)10/h3,5H,4H2,1-2H3,(H,11,12). The predicted molar refractivity (Wildman–Crippen MR) is 64.1 cm³/mol. The second-order valence-corrected chi connectivity index (χ2v) is 5.61. The van der Waals surface area contributed by atoms with Crippen molar-refractivity contribution in [2.75, 3.05) is 18.1 Å². The van der Waals surface area contributed by atoms with Crippen LogP contribution < -0.4 is 5.32 Å². The summed E-state index contributed by atoms with van der Waals surface area (Å²) in [7, 11) is -0.871. The van der Waals surface area contributed by atoms with Gasteiger partial charge in [0.25, 0.3) is 0 Å². The molecular formula is C8H11Cl2N3OS. The molecule has 0 amide bonds. The normalized spacial score (nSPS) is 14.7. The predicted octanol–water partition coefficient (Wildman–Crippen LogP) is 1.96. The number of nitrogens with zero attached hydrogens (tertiary/aromatic N) is 2. The Hall–Kier alpha value is -0.390. The molecule has 15 heavy (non-hydrogen) atoms. The van der Waals surface area contributed by atoms with Crippen molar-refractivity contribution in [2.45, 2.75) is 12.2 Å². The van der Waals surface area contributed by atoms with E-state index < -0.39 is 10.8 Å². The van der Waals surface area contributed by atoms with E-state index in [4.69, 9.17) is 23.2 Å². The molecule has 0 saturated carbocycles. The Balaban J connectivity index is 2.65. The fraction of sp³-hybridized carbons (Fsp3) is 0.500. The maximum atomic E-state index is 11.1. The minimum absolute atomic E-state index is 0.0352. The molecule has 2 unspecified atom stereocenters. The van der Waals surface area contributed by atoms with Crippen LogP contribution in [0.1, 0.15) is 6.92 Å². The van der Waals surface area contributed by atoms with Crippen LogP contribution >= 0.6 is 23.2 Å². The summed E-state index contributed by atoms with van der Waals surface area (Å²) in [6, 6.07) is 1.59. The van der Waals surface area contributed by atoms with Crippen LogP contribution in [0, 0.1) is 0 Å². The summed E-state index contributed by atoms with van der Waals surface area (Å²) in [6.07, 6.45) is 1.66. The molecule has 0 aliphatic rings. The lowest BCUT2D eigenvalue weighted by atomic mass is 10.4. The zero-order valence-electron chi connectivity index (χ0n) is 8.33. The van der Waals surface area contributed by atoms with Gasteiger partial charge in [-0.2, -0.15) is 0 Å². The smallest absolute Gasteiger partial charge is 0.174 e. The van der Waals surface area contributed by atoms with Gasteiger partial charge in [-0.1, -0.05) is 23.2 Å². The number of hydrogen-bond donors (Lipinski definition) is 1. The van der Waals surface area contributed by atoms with E-state index in [0.29, 0.717) is 12.2 Å². The van der Waals surface area contributed by atoms with Gasteiger partial charge in [0.15, 0.2) is 10.3 Å². The fourth-order valence-corrected chi connectivity index (χ4v) is 1.47. The molecule has 0 fully saturated rings. The van der Waals surface area contributed by atoms with E-state index in [0.717, 1.165) is 0 Å². The van der Waals surface area contributed by atoms with Crippen LogP contribution in [0.5, 0.6) is 0 Å². The van der Waals surface area contributed by atoms with Crippen LogP contribution in [-0.2, 0) is 10.8 Å². The first-order valence-electron chi connectivity index (χ1n) is 4.25. The summed E-state index contributed by atoms with van der Waals surface area (Å²) >= 11 is 11.5. The molecule has 1 rings (SSSR count). The molecule has 0 aromatic carbocycles. The van der Waals surface area contributed by atoms with Gasteiger partial charge in [0.1, 0.15) is 0 Å². The van der Waals surface area contributed by atoms with Gasteiger partial charge < -0.3 is 5.32 Å². The van der Waals surface area contributed by atoms with Crippen molar-refractivity contribution in [1.29, 1.82) is 0 Å². The first kappa shape index (κ1) is 12.7. The first-order valence-corrected chi connectivity index (χ1v) is 6.63. The van der Waals surface area contributed by atoms with E-state index in [1.807, 2.05) is 6.92 Å². The number of rotatable bonds is 4. The molecule has 0 aliphatic carbocycles. The van der Waals surface area contributed by atoms with Gasteiger partial charge >= 0.3 is 0 Å². The van der Waals surface area contributed by atoms with Crippen LogP contribution in [0.15, 0.2) is 6.07 Å². The van der Waals surface area contributed by atoms with Gasteiger partial charge in [-0.15, -0.1) is 10.2 Å². The molecule has 84 valence electrons. The Morgan fingerprint density at radius 1 is 1.53 bits per heavy atom. The summed E-state index contributed by atoms with van der Waals surface area (Å²) in [5, 5.41) is 10.8. The monoisotopic (exact) mass is 267 g/mol. The van der Waals surface area contributed by atoms with Gasteiger partial charge in [-0.05, 0) is 6.92 Å². The summed E-state index contributed by atoms with van der Waals surface area (Å²) in [5.41, 5.74) is 0.606. The number of aromatic nitrogens is 2. The first-order chi connectivity index (χ1) is 7.00. The number of anilines is 1. The Bertz CT molecular complexity index is 375. The quantitative estimate of drug-likeness (QED) is 0.907. The molecule has 4 nitrogen and oxygen atoms in total. The molecule has 1 N–H and O–H groups in total. The summed E-state index contributed by atoms with van der Waals surface area (Å²) < 4.78 is 11.1. The summed E-state index contributed by atoms with van der Waals surface area (Å²) in [5.74, 6) is 0. The number of halogens is 2. The number of nitrogens with one attached hydrogen (secondary N) is 1. The zero-order chi connectivity index (χ0) is 11.4. The van der Waals surface area contributed by atoms with E-state index in [9.17, 15) is 4.21 Å². The average Bonchev–Trinajstić information content (AvgIpc) is 2.18. The van der Waals surface area contributed by atoms with Crippen molar-refractivity contribution in [1.82, 2.24) is 10.2 Å². The lowest BCUT2D eigenvalue weighted by Gasteiger charge is -2.11. The van der Waals surface area contributed by atoms with Gasteiger partial charge in [0.2, 0.25) is 0 Å². The van der Waals surface area contributed by atoms with Crippen molar-refractivity contribution in [3.63, 3.8) is 0 Å². The molecule has 0 aliphatic heterocycles. The van der Waals surface area contributed by atoms with Crippen LogP contribution in [-0.4, -0.2) is 32.5 Å². The third-order valence-corrected chi connectivity index (χ3v) is 3.63. The molecule has 1 aromatic rings. The van der Waals surface area contributed by atoms with Gasteiger partial charge in [-0.25, -0.2) is 0 Å². The van der Waals surface area contributed by atoms with Crippen LogP contribution in [0.3, 0.4) is 0 Å². The highest BCUT2D eigenvalue weighted by atomic mass is 35.5. The Kier molecular flexibility index (Phi) is 4.76. The molecule has 1 aromatic heterocycles. The van der Waals surface area contributed by atoms with Gasteiger partial charge in [0.05, 0.1) is 5.69 Å². The van der Waals surface area contributed by atoms with Crippen LogP contribution in [0.25, 0.3) is 0 Å². The fourth-order valence-electron chi connectivity index (χ4n) is 0.848. The van der Waals surface area contributed by atoms with Crippen molar-refractivity contribution in [2.24, 2.45) is 0 Å². The van der Waals surface area contributed by atoms with Crippen molar-refractivity contribution in [3.05, 3.63) is 16.4 Å². The van der Waals surface area contributed by atoms with E-state index in [1.54, 1.807) is 12.3 Å². The summed E-state index contributed by atoms with van der Waals surface area (Å²) in [4.78, 5) is 0. The van der Waals surface area contributed by atoms with Crippen LogP contribution in [0.2, 0.25) is 10.3 Å². The lowest BCUT2D eigenvalue weighted by molar-refractivity contribution is 0.679. The highest BCUT2D eigenvalue weighted by Gasteiger charge is 2.08. The van der Waals surface area contributed by atoms with Crippen molar-refractivity contribution in [3.8, 4) is 0 Å². The van der Waals surface area contributed by atoms with Crippen LogP contribution in [0.4, 0.5) is 5.69 Å². The highest BCUT2D eigenvalue weighted by Crippen LogP contribution is 2.20. The Morgan fingerprint density at radius 2 is 2.20 bits per heavy atom. The zero-order valence-corrected chi connectivity index (χ0v) is 10.7. The van der Waals surface area contributed by atoms with Crippen molar-refractivity contribution >= 4 is 39.7 Å². The second-order valence-electron chi connectivity index (χ2n) is 3.06. The largest absolute Gasteiger partial charge is 0.381 e. The molecule has 0 spiro atoms. The van der Waals surface area contributed by atoms with Gasteiger partial charge in [-0.3, -0.25) is 4.21 Å². The Labute approximate surface area is 101 Å². The van der Waals surface area contributed by atoms with E-state index in [2.05, 4.69) is 15.5 Å². The van der Waals surface area contributed by atoms with E-state index in [1.165, 1.54) is 0 Å². The molecule has 0 saturated heterocycles. The minimum atomic E-state index is -0.871. The minimum Gasteiger partial charge on any atom is -0.381 e. The van der Waals surface area contributed by atoms with E-state index >= 15 is 0 Å². The third kappa shape index (κ3) is 3.93. The highest BCUT2D eigenvalue weighted by molar-refractivity contribution is 7.84. The summed E-state index contributed by atoms with van der Waals surface area (Å²) in [6.45, 7) is 2.43. The number of hydrogen-bond acceptors (Lipinski definition) is 4. The third-order valence-electron chi connectivity index (χ3n) is 1.87. The van der Waals surface area contributed by atoms with Crippen molar-refractivity contribution < 1.29 is 4.21 Å². The van der Waals surface area contributed by atoms with Gasteiger partial charge in [0, 0.05) is 34.9 Å². The topological polar surface area (TPSA) is 54.9 Å². The van der Waals surface area contributed by atoms with E-state index in [-0.39, 0.29) is 15.6 Å².